The third-order valence-corrected chi connectivity index (χ3v) is 3.62. The van der Waals surface area contributed by atoms with Gasteiger partial charge >= 0.3 is 0 Å². The van der Waals surface area contributed by atoms with E-state index in [1.54, 1.807) is 48.5 Å². The predicted octanol–water partition coefficient (Wildman–Crippen LogP) is 2.81. The van der Waals surface area contributed by atoms with E-state index in [2.05, 4.69) is 10.3 Å². The summed E-state index contributed by atoms with van der Waals surface area (Å²) >= 11 is 0. The molecule has 124 valence electrons. The molecule has 0 unspecified atom stereocenters. The van der Waals surface area contributed by atoms with Crippen LogP contribution in [0, 0.1) is 0 Å². The van der Waals surface area contributed by atoms with Gasteiger partial charge in [-0.25, -0.2) is 0 Å². The van der Waals surface area contributed by atoms with E-state index in [1.165, 1.54) is 6.20 Å². The molecule has 0 fully saturated rings. The molecule has 1 aromatic heterocycles. The van der Waals surface area contributed by atoms with Crippen LogP contribution < -0.4 is 11.1 Å². The van der Waals surface area contributed by atoms with Crippen molar-refractivity contribution in [1.29, 1.82) is 0 Å². The molecule has 0 spiro atoms. The summed E-state index contributed by atoms with van der Waals surface area (Å²) < 4.78 is 0. The molecule has 0 aliphatic heterocycles. The minimum atomic E-state index is -0.907. The molecular weight excluding hydrogens is 318 g/mol. The summed E-state index contributed by atoms with van der Waals surface area (Å²) in [7, 11) is 0. The Bertz CT molecular complexity index is 925. The van der Waals surface area contributed by atoms with Crippen LogP contribution in [0.1, 0.15) is 20.7 Å². The van der Waals surface area contributed by atoms with Crippen LogP contribution in [0.15, 0.2) is 66.9 Å². The van der Waals surface area contributed by atoms with Crippen LogP contribution in [0.3, 0.4) is 0 Å². The molecule has 4 N–H and O–H groups in total. The Hall–Kier alpha value is -3.67. The summed E-state index contributed by atoms with van der Waals surface area (Å²) in [5.41, 5.74) is 6.38. The van der Waals surface area contributed by atoms with Crippen molar-refractivity contribution in [3.63, 3.8) is 0 Å². The highest BCUT2D eigenvalue weighted by Gasteiger charge is 2.23. The lowest BCUT2D eigenvalue weighted by Gasteiger charge is -2.12. The second kappa shape index (κ2) is 6.84. The molecule has 0 bridgehead atoms. The maximum Gasteiger partial charge on any atom is 0.258 e. The number of pyridine rings is 1. The highest BCUT2D eigenvalue weighted by atomic mass is 16.3. The lowest BCUT2D eigenvalue weighted by atomic mass is 10.0. The van der Waals surface area contributed by atoms with Crippen LogP contribution in [-0.2, 0) is 0 Å². The lowest BCUT2D eigenvalue weighted by molar-refractivity contribution is 0.0974. The van der Waals surface area contributed by atoms with Crippen molar-refractivity contribution < 1.29 is 14.7 Å². The van der Waals surface area contributed by atoms with Crippen LogP contribution >= 0.6 is 0 Å². The number of hydrogen-bond donors (Lipinski definition) is 3. The van der Waals surface area contributed by atoms with Gasteiger partial charge in [0.15, 0.2) is 5.75 Å². The minimum absolute atomic E-state index is 0.0893. The number of carbonyl (C=O) groups is 2. The summed E-state index contributed by atoms with van der Waals surface area (Å²) in [6.07, 6.45) is 1.24. The summed E-state index contributed by atoms with van der Waals surface area (Å²) in [5.74, 6) is -1.91. The largest absolute Gasteiger partial charge is 0.505 e. The number of nitrogens with zero attached hydrogens (tertiary/aromatic N) is 1. The zero-order valence-corrected chi connectivity index (χ0v) is 13.1. The van der Waals surface area contributed by atoms with Crippen molar-refractivity contribution in [2.75, 3.05) is 5.32 Å². The van der Waals surface area contributed by atoms with E-state index in [9.17, 15) is 14.7 Å². The van der Waals surface area contributed by atoms with Gasteiger partial charge in [0, 0.05) is 17.4 Å². The Labute approximate surface area is 144 Å². The van der Waals surface area contributed by atoms with E-state index in [0.717, 1.165) is 0 Å². The molecular formula is C19H15N3O3. The summed E-state index contributed by atoms with van der Waals surface area (Å²) in [5, 5.41) is 13.1. The second-order valence-electron chi connectivity index (χ2n) is 5.29. The Morgan fingerprint density at radius 1 is 0.960 bits per heavy atom. The summed E-state index contributed by atoms with van der Waals surface area (Å²) in [4.78, 5) is 28.4. The first-order valence-electron chi connectivity index (χ1n) is 7.51. The van der Waals surface area contributed by atoms with Gasteiger partial charge in [-0.1, -0.05) is 48.5 Å². The standard InChI is InChI=1S/C19H15N3O3/c20-18(24)15-14(19(25)22-13-9-5-2-6-10-13)11-21-16(17(15)23)12-7-3-1-4-8-12/h1-11,23H,(H2,20,24)(H,22,25). The van der Waals surface area contributed by atoms with Gasteiger partial charge < -0.3 is 16.2 Å². The third-order valence-electron chi connectivity index (χ3n) is 3.62. The topological polar surface area (TPSA) is 105 Å². The highest BCUT2D eigenvalue weighted by molar-refractivity contribution is 6.13. The van der Waals surface area contributed by atoms with E-state index >= 15 is 0 Å². The smallest absolute Gasteiger partial charge is 0.258 e. The SMILES string of the molecule is NC(=O)c1c(C(=O)Nc2ccccc2)cnc(-c2ccccc2)c1O. The molecule has 25 heavy (non-hydrogen) atoms. The zero-order valence-electron chi connectivity index (χ0n) is 13.1. The second-order valence-corrected chi connectivity index (χ2v) is 5.29. The van der Waals surface area contributed by atoms with Crippen molar-refractivity contribution in [2.45, 2.75) is 0 Å². The number of primary amides is 1. The van der Waals surface area contributed by atoms with Gasteiger partial charge in [-0.15, -0.1) is 0 Å². The molecule has 3 aromatic rings. The molecule has 1 heterocycles. The molecule has 6 heteroatoms. The molecule has 6 nitrogen and oxygen atoms in total. The van der Waals surface area contributed by atoms with Crippen LogP contribution in [0.2, 0.25) is 0 Å². The van der Waals surface area contributed by atoms with Crippen LogP contribution in [-0.4, -0.2) is 21.9 Å². The molecule has 0 aliphatic rings. The van der Waals surface area contributed by atoms with Gasteiger partial charge in [-0.3, -0.25) is 14.6 Å². The first kappa shape index (κ1) is 16.2. The highest BCUT2D eigenvalue weighted by Crippen LogP contribution is 2.32. The number of rotatable bonds is 4. The Balaban J connectivity index is 2.04. The van der Waals surface area contributed by atoms with Gasteiger partial charge in [0.1, 0.15) is 5.69 Å². The third kappa shape index (κ3) is 3.32. The Morgan fingerprint density at radius 3 is 2.16 bits per heavy atom. The van der Waals surface area contributed by atoms with E-state index in [1.807, 2.05) is 12.1 Å². The van der Waals surface area contributed by atoms with Crippen LogP contribution in [0.25, 0.3) is 11.3 Å². The lowest BCUT2D eigenvalue weighted by Crippen LogP contribution is -2.21. The predicted molar refractivity (Wildman–Crippen MR) is 94.3 cm³/mol. The number of amides is 2. The number of hydrogen-bond acceptors (Lipinski definition) is 4. The maximum absolute atomic E-state index is 12.5. The summed E-state index contributed by atoms with van der Waals surface area (Å²) in [6, 6.07) is 17.6. The number of nitrogens with one attached hydrogen (secondary N) is 1. The fourth-order valence-electron chi connectivity index (χ4n) is 2.45. The van der Waals surface area contributed by atoms with Gasteiger partial charge in [0.2, 0.25) is 0 Å². The molecule has 3 rings (SSSR count). The maximum atomic E-state index is 12.5. The quantitative estimate of drug-likeness (QED) is 0.682. The van der Waals surface area contributed by atoms with Gasteiger partial charge in [0.05, 0.1) is 11.1 Å². The molecule has 2 amide bonds. The monoisotopic (exact) mass is 333 g/mol. The first-order chi connectivity index (χ1) is 12.1. The molecule has 2 aromatic carbocycles. The molecule has 0 saturated heterocycles. The Morgan fingerprint density at radius 2 is 1.56 bits per heavy atom. The van der Waals surface area contributed by atoms with Crippen molar-refractivity contribution in [1.82, 2.24) is 4.98 Å². The van der Waals surface area contributed by atoms with E-state index < -0.39 is 17.6 Å². The number of anilines is 1. The average Bonchev–Trinajstić information content (AvgIpc) is 2.62. The van der Waals surface area contributed by atoms with Crippen molar-refractivity contribution in [2.24, 2.45) is 5.73 Å². The van der Waals surface area contributed by atoms with E-state index in [4.69, 9.17) is 5.73 Å². The van der Waals surface area contributed by atoms with Crippen LogP contribution in [0.4, 0.5) is 5.69 Å². The number of carbonyl (C=O) groups excluding carboxylic acids is 2. The van der Waals surface area contributed by atoms with Crippen molar-refractivity contribution in [3.05, 3.63) is 78.0 Å². The zero-order chi connectivity index (χ0) is 17.8. The fourth-order valence-corrected chi connectivity index (χ4v) is 2.45. The van der Waals surface area contributed by atoms with E-state index in [0.29, 0.717) is 11.3 Å². The average molecular weight is 333 g/mol. The fraction of sp³-hybridized carbons (Fsp3) is 0. The Kier molecular flexibility index (Phi) is 4.43. The first-order valence-corrected chi connectivity index (χ1v) is 7.51. The molecule has 0 radical (unpaired) electrons. The molecule has 0 aliphatic carbocycles. The van der Waals surface area contributed by atoms with Crippen LogP contribution in [0.5, 0.6) is 5.75 Å². The molecule has 0 saturated carbocycles. The number of aromatic hydroxyl groups is 1. The minimum Gasteiger partial charge on any atom is -0.505 e. The van der Waals surface area contributed by atoms with Crippen molar-refractivity contribution in [3.8, 4) is 17.0 Å². The van der Waals surface area contributed by atoms with Gasteiger partial charge in [0.25, 0.3) is 11.8 Å². The number of aromatic nitrogens is 1. The van der Waals surface area contributed by atoms with Gasteiger partial charge in [-0.2, -0.15) is 0 Å². The van der Waals surface area contributed by atoms with E-state index in [-0.39, 0.29) is 16.8 Å². The number of para-hydroxylation sites is 1. The summed E-state index contributed by atoms with van der Waals surface area (Å²) in [6.45, 7) is 0. The van der Waals surface area contributed by atoms with Crippen molar-refractivity contribution >= 4 is 17.5 Å². The molecule has 0 atom stereocenters. The normalized spacial score (nSPS) is 10.2. The number of nitrogens with two attached hydrogens (primary N) is 1. The van der Waals surface area contributed by atoms with Gasteiger partial charge in [-0.05, 0) is 12.1 Å². The number of benzene rings is 2.